The molecule has 0 radical (unpaired) electrons. The van der Waals surface area contributed by atoms with Gasteiger partial charge in [-0.05, 0) is 69.2 Å². The van der Waals surface area contributed by atoms with Crippen LogP contribution in [0.3, 0.4) is 0 Å². The van der Waals surface area contributed by atoms with Crippen LogP contribution >= 0.6 is 0 Å². The first-order valence-corrected chi connectivity index (χ1v) is 9.27. The van der Waals surface area contributed by atoms with Crippen molar-refractivity contribution in [1.82, 2.24) is 5.32 Å². The molecular formula is C22H27NO5. The molecule has 150 valence electrons. The first-order chi connectivity index (χ1) is 13.4. The molecule has 0 spiro atoms. The Labute approximate surface area is 165 Å². The topological polar surface area (TPSA) is 73.9 Å². The van der Waals surface area contributed by atoms with Crippen molar-refractivity contribution < 1.29 is 23.8 Å². The number of carbonyl (C=O) groups is 2. The first-order valence-electron chi connectivity index (χ1n) is 9.27. The summed E-state index contributed by atoms with van der Waals surface area (Å²) in [5, 5.41) is 2.78. The van der Waals surface area contributed by atoms with Crippen LogP contribution in [0.2, 0.25) is 0 Å². The van der Waals surface area contributed by atoms with Crippen LogP contribution in [0.25, 0.3) is 0 Å². The van der Waals surface area contributed by atoms with Crippen LogP contribution in [-0.2, 0) is 16.0 Å². The van der Waals surface area contributed by atoms with Crippen LogP contribution < -0.4 is 14.8 Å². The van der Waals surface area contributed by atoms with Gasteiger partial charge >= 0.3 is 5.97 Å². The molecule has 0 fully saturated rings. The zero-order valence-electron chi connectivity index (χ0n) is 16.7. The van der Waals surface area contributed by atoms with E-state index in [4.69, 9.17) is 14.2 Å². The van der Waals surface area contributed by atoms with Gasteiger partial charge in [0.15, 0.2) is 6.10 Å². The monoisotopic (exact) mass is 385 g/mol. The van der Waals surface area contributed by atoms with Gasteiger partial charge in [0, 0.05) is 6.54 Å². The lowest BCUT2D eigenvalue weighted by Gasteiger charge is -2.14. The summed E-state index contributed by atoms with van der Waals surface area (Å²) in [6.07, 6.45) is -0.150. The summed E-state index contributed by atoms with van der Waals surface area (Å²) in [5.74, 6) is 0.587. The van der Waals surface area contributed by atoms with E-state index in [-0.39, 0.29) is 12.0 Å². The number of hydrogen-bond acceptors (Lipinski definition) is 5. The Kier molecular flexibility index (Phi) is 7.87. The minimum atomic E-state index is -0.880. The fourth-order valence-electron chi connectivity index (χ4n) is 2.49. The first kappa shape index (κ1) is 21.3. The zero-order valence-corrected chi connectivity index (χ0v) is 16.7. The van der Waals surface area contributed by atoms with Gasteiger partial charge in [0.05, 0.1) is 18.8 Å². The van der Waals surface area contributed by atoms with Gasteiger partial charge in [-0.15, -0.1) is 0 Å². The molecule has 0 aliphatic carbocycles. The van der Waals surface area contributed by atoms with E-state index in [0.717, 1.165) is 11.3 Å². The summed E-state index contributed by atoms with van der Waals surface area (Å²) in [5.41, 5.74) is 1.45. The van der Waals surface area contributed by atoms with Gasteiger partial charge in [0.25, 0.3) is 5.91 Å². The zero-order chi connectivity index (χ0) is 20.5. The molecule has 2 aromatic carbocycles. The highest BCUT2D eigenvalue weighted by Gasteiger charge is 2.18. The largest absolute Gasteiger partial charge is 0.497 e. The highest BCUT2D eigenvalue weighted by molar-refractivity contribution is 5.92. The fraction of sp³-hybridized carbons (Fsp3) is 0.364. The second-order valence-corrected chi connectivity index (χ2v) is 6.63. The number of hydrogen-bond donors (Lipinski definition) is 1. The van der Waals surface area contributed by atoms with Crippen LogP contribution in [0.4, 0.5) is 0 Å². The smallest absolute Gasteiger partial charge is 0.338 e. The molecule has 0 aromatic heterocycles. The normalized spacial score (nSPS) is 11.6. The summed E-state index contributed by atoms with van der Waals surface area (Å²) in [7, 11) is 1.62. The van der Waals surface area contributed by atoms with Crippen LogP contribution in [0.1, 0.15) is 36.7 Å². The van der Waals surface area contributed by atoms with E-state index in [1.807, 2.05) is 38.1 Å². The Balaban J connectivity index is 1.78. The van der Waals surface area contributed by atoms with Gasteiger partial charge in [0.1, 0.15) is 11.5 Å². The van der Waals surface area contributed by atoms with Crippen LogP contribution in [0.15, 0.2) is 48.5 Å². The Hall–Kier alpha value is -3.02. The number of methoxy groups -OCH3 is 1. The number of carbonyl (C=O) groups excluding carboxylic acids is 2. The molecule has 0 aliphatic rings. The highest BCUT2D eigenvalue weighted by atomic mass is 16.5. The molecule has 0 aliphatic heterocycles. The van der Waals surface area contributed by atoms with E-state index in [1.54, 1.807) is 38.3 Å². The van der Waals surface area contributed by atoms with Gasteiger partial charge in [-0.25, -0.2) is 4.79 Å². The average Bonchev–Trinajstić information content (AvgIpc) is 2.68. The number of ether oxygens (including phenoxy) is 3. The van der Waals surface area contributed by atoms with Gasteiger partial charge < -0.3 is 19.5 Å². The van der Waals surface area contributed by atoms with E-state index < -0.39 is 12.1 Å². The van der Waals surface area contributed by atoms with Crippen molar-refractivity contribution in [3.8, 4) is 11.5 Å². The minimum absolute atomic E-state index is 0.0550. The Morgan fingerprint density at radius 3 is 2.11 bits per heavy atom. The third-order valence-corrected chi connectivity index (χ3v) is 3.99. The maximum atomic E-state index is 12.2. The molecule has 6 heteroatoms. The third-order valence-electron chi connectivity index (χ3n) is 3.99. The van der Waals surface area contributed by atoms with Crippen molar-refractivity contribution >= 4 is 11.9 Å². The summed E-state index contributed by atoms with van der Waals surface area (Å²) in [6.45, 7) is 5.86. The molecule has 0 bridgehead atoms. The molecule has 1 N–H and O–H groups in total. The van der Waals surface area contributed by atoms with Crippen molar-refractivity contribution in [2.45, 2.75) is 39.4 Å². The SMILES string of the molecule is COc1ccc(CCNC(=O)[C@H](C)OC(=O)c2ccc(OC(C)C)cc2)cc1. The molecule has 0 heterocycles. The van der Waals surface area contributed by atoms with Crippen molar-refractivity contribution in [1.29, 1.82) is 0 Å². The summed E-state index contributed by atoms with van der Waals surface area (Å²) in [6, 6.07) is 14.3. The van der Waals surface area contributed by atoms with E-state index in [0.29, 0.717) is 24.3 Å². The number of benzene rings is 2. The van der Waals surface area contributed by atoms with E-state index in [9.17, 15) is 9.59 Å². The number of esters is 1. The van der Waals surface area contributed by atoms with Crippen LogP contribution in [0, 0.1) is 0 Å². The van der Waals surface area contributed by atoms with Gasteiger partial charge in [0.2, 0.25) is 0 Å². The molecule has 0 unspecified atom stereocenters. The molecule has 6 nitrogen and oxygen atoms in total. The van der Waals surface area contributed by atoms with Gasteiger partial charge in [-0.3, -0.25) is 4.79 Å². The fourth-order valence-corrected chi connectivity index (χ4v) is 2.49. The lowest BCUT2D eigenvalue weighted by atomic mass is 10.1. The number of amides is 1. The lowest BCUT2D eigenvalue weighted by molar-refractivity contribution is -0.129. The predicted octanol–water partition coefficient (Wildman–Crippen LogP) is 3.39. The standard InChI is InChI=1S/C22H27NO5/c1-15(2)27-20-11-7-18(8-12-20)22(25)28-16(3)21(24)23-14-13-17-5-9-19(26-4)10-6-17/h5-12,15-16H,13-14H2,1-4H3,(H,23,24)/t16-/m0/s1. The molecule has 2 aromatic rings. The quantitative estimate of drug-likeness (QED) is 0.670. The minimum Gasteiger partial charge on any atom is -0.497 e. The number of nitrogens with one attached hydrogen (secondary N) is 1. The summed E-state index contributed by atoms with van der Waals surface area (Å²) >= 11 is 0. The van der Waals surface area contributed by atoms with E-state index >= 15 is 0 Å². The highest BCUT2D eigenvalue weighted by Crippen LogP contribution is 2.15. The molecule has 28 heavy (non-hydrogen) atoms. The van der Waals surface area contributed by atoms with E-state index in [2.05, 4.69) is 5.32 Å². The van der Waals surface area contributed by atoms with Crippen LogP contribution in [0.5, 0.6) is 11.5 Å². The van der Waals surface area contributed by atoms with Crippen LogP contribution in [-0.4, -0.2) is 37.7 Å². The van der Waals surface area contributed by atoms with Crippen molar-refractivity contribution in [2.75, 3.05) is 13.7 Å². The summed E-state index contributed by atoms with van der Waals surface area (Å²) < 4.78 is 15.9. The molecule has 2 rings (SSSR count). The van der Waals surface area contributed by atoms with Gasteiger partial charge in [-0.1, -0.05) is 12.1 Å². The molecule has 0 saturated heterocycles. The Morgan fingerprint density at radius 2 is 1.54 bits per heavy atom. The molecule has 1 atom stereocenters. The Bertz CT molecular complexity index is 769. The number of rotatable bonds is 9. The van der Waals surface area contributed by atoms with Crippen molar-refractivity contribution in [3.63, 3.8) is 0 Å². The molecule has 0 saturated carbocycles. The maximum Gasteiger partial charge on any atom is 0.338 e. The predicted molar refractivity (Wildman–Crippen MR) is 107 cm³/mol. The summed E-state index contributed by atoms with van der Waals surface area (Å²) in [4.78, 5) is 24.3. The molecule has 1 amide bonds. The second kappa shape index (κ2) is 10.3. The maximum absolute atomic E-state index is 12.2. The van der Waals surface area contributed by atoms with Gasteiger partial charge in [-0.2, -0.15) is 0 Å². The lowest BCUT2D eigenvalue weighted by Crippen LogP contribution is -2.36. The van der Waals surface area contributed by atoms with E-state index in [1.165, 1.54) is 0 Å². The average molecular weight is 385 g/mol. The van der Waals surface area contributed by atoms with Crippen molar-refractivity contribution in [2.24, 2.45) is 0 Å². The second-order valence-electron chi connectivity index (χ2n) is 6.63. The van der Waals surface area contributed by atoms with Crippen molar-refractivity contribution in [3.05, 3.63) is 59.7 Å². The molecular weight excluding hydrogens is 358 g/mol. The third kappa shape index (κ3) is 6.61. The Morgan fingerprint density at radius 1 is 0.929 bits per heavy atom.